The number of piperidine rings is 1. The topological polar surface area (TPSA) is 15.3 Å². The molecule has 0 amide bonds. The molecule has 3 heteroatoms. The van der Waals surface area contributed by atoms with E-state index in [9.17, 15) is 0 Å². The molecule has 1 saturated heterocycles. The summed E-state index contributed by atoms with van der Waals surface area (Å²) in [5, 5.41) is 4.79. The molecule has 110 valence electrons. The third-order valence-corrected chi connectivity index (χ3v) is 5.25. The largest absolute Gasteiger partial charge is 0.310 e. The SMILES string of the molecule is CCN1CCCC(NC2CC(c3ccccc3Cl)C2)C1. The van der Waals surface area contributed by atoms with Gasteiger partial charge in [0.25, 0.3) is 0 Å². The van der Waals surface area contributed by atoms with Gasteiger partial charge in [0.05, 0.1) is 0 Å². The normalized spacial score (nSPS) is 31.0. The van der Waals surface area contributed by atoms with Crippen LogP contribution in [-0.2, 0) is 0 Å². The van der Waals surface area contributed by atoms with E-state index in [4.69, 9.17) is 11.6 Å². The molecule has 2 aliphatic rings. The second kappa shape index (κ2) is 6.46. The molecule has 3 rings (SSSR count). The second-order valence-corrected chi connectivity index (χ2v) is 6.69. The van der Waals surface area contributed by atoms with Crippen molar-refractivity contribution in [3.05, 3.63) is 34.9 Å². The minimum atomic E-state index is 0.659. The van der Waals surface area contributed by atoms with Crippen LogP contribution in [0.5, 0.6) is 0 Å². The fraction of sp³-hybridized carbons (Fsp3) is 0.647. The number of rotatable bonds is 4. The van der Waals surface area contributed by atoms with E-state index in [2.05, 4.69) is 29.3 Å². The van der Waals surface area contributed by atoms with Gasteiger partial charge in [0.1, 0.15) is 0 Å². The van der Waals surface area contributed by atoms with Crippen LogP contribution in [0.25, 0.3) is 0 Å². The van der Waals surface area contributed by atoms with Crippen molar-refractivity contribution in [1.29, 1.82) is 0 Å². The predicted molar refractivity (Wildman–Crippen MR) is 85.5 cm³/mol. The standard InChI is InChI=1S/C17H25ClN2/c1-2-20-9-5-6-14(12-20)19-15-10-13(11-15)16-7-3-4-8-17(16)18/h3-4,7-8,13-15,19H,2,5-6,9-12H2,1H3. The van der Waals surface area contributed by atoms with Gasteiger partial charge in [-0.3, -0.25) is 0 Å². The zero-order valence-corrected chi connectivity index (χ0v) is 13.1. The van der Waals surface area contributed by atoms with Gasteiger partial charge in [-0.25, -0.2) is 0 Å². The van der Waals surface area contributed by atoms with Gasteiger partial charge in [-0.05, 0) is 56.3 Å². The van der Waals surface area contributed by atoms with Crippen molar-refractivity contribution >= 4 is 11.6 Å². The van der Waals surface area contributed by atoms with E-state index >= 15 is 0 Å². The van der Waals surface area contributed by atoms with E-state index in [1.54, 1.807) is 0 Å². The monoisotopic (exact) mass is 292 g/mol. The van der Waals surface area contributed by atoms with Gasteiger partial charge in [0.2, 0.25) is 0 Å². The molecule has 1 aromatic rings. The van der Waals surface area contributed by atoms with Crippen LogP contribution >= 0.6 is 11.6 Å². The molecule has 1 aliphatic heterocycles. The van der Waals surface area contributed by atoms with E-state index in [1.165, 1.54) is 50.9 Å². The summed E-state index contributed by atoms with van der Waals surface area (Å²) in [6.45, 7) is 5.95. The molecule has 2 fully saturated rings. The molecule has 1 aromatic carbocycles. The summed E-state index contributed by atoms with van der Waals surface area (Å²) in [7, 11) is 0. The molecule has 2 nitrogen and oxygen atoms in total. The Morgan fingerprint density at radius 1 is 1.25 bits per heavy atom. The third-order valence-electron chi connectivity index (χ3n) is 4.91. The number of hydrogen-bond acceptors (Lipinski definition) is 2. The smallest absolute Gasteiger partial charge is 0.0440 e. The molecule has 20 heavy (non-hydrogen) atoms. The number of hydrogen-bond donors (Lipinski definition) is 1. The lowest BCUT2D eigenvalue weighted by Gasteiger charge is -2.41. The molecular weight excluding hydrogens is 268 g/mol. The molecule has 0 radical (unpaired) electrons. The van der Waals surface area contributed by atoms with Crippen LogP contribution in [0.3, 0.4) is 0 Å². The van der Waals surface area contributed by atoms with Crippen molar-refractivity contribution in [3.8, 4) is 0 Å². The van der Waals surface area contributed by atoms with E-state index in [0.717, 1.165) is 5.02 Å². The van der Waals surface area contributed by atoms with Crippen molar-refractivity contribution < 1.29 is 0 Å². The third kappa shape index (κ3) is 3.19. The number of likely N-dealkylation sites (tertiary alicyclic amines) is 1. The first-order valence-corrected chi connectivity index (χ1v) is 8.37. The fourth-order valence-electron chi connectivity index (χ4n) is 3.63. The zero-order valence-electron chi connectivity index (χ0n) is 12.3. The Kier molecular flexibility index (Phi) is 4.65. The first-order valence-electron chi connectivity index (χ1n) is 7.99. The second-order valence-electron chi connectivity index (χ2n) is 6.29. The Balaban J connectivity index is 1.48. The summed E-state index contributed by atoms with van der Waals surface area (Å²) in [5.74, 6) is 0.659. The van der Waals surface area contributed by atoms with Crippen LogP contribution in [0.2, 0.25) is 5.02 Å². The van der Waals surface area contributed by atoms with Gasteiger partial charge in [0, 0.05) is 23.7 Å². The van der Waals surface area contributed by atoms with Crippen LogP contribution in [0.15, 0.2) is 24.3 Å². The van der Waals surface area contributed by atoms with E-state index < -0.39 is 0 Å². The summed E-state index contributed by atoms with van der Waals surface area (Å²) in [6.07, 6.45) is 5.16. The minimum absolute atomic E-state index is 0.659. The summed E-state index contributed by atoms with van der Waals surface area (Å²) >= 11 is 6.28. The van der Waals surface area contributed by atoms with Crippen molar-refractivity contribution in [3.63, 3.8) is 0 Å². The highest BCUT2D eigenvalue weighted by Gasteiger charge is 2.33. The van der Waals surface area contributed by atoms with Gasteiger partial charge < -0.3 is 10.2 Å². The Hall–Kier alpha value is -0.570. The average Bonchev–Trinajstić information content (AvgIpc) is 2.44. The molecule has 1 atom stereocenters. The summed E-state index contributed by atoms with van der Waals surface area (Å²) in [4.78, 5) is 2.56. The fourth-order valence-corrected chi connectivity index (χ4v) is 3.92. The maximum atomic E-state index is 6.28. The van der Waals surface area contributed by atoms with Crippen molar-refractivity contribution in [2.75, 3.05) is 19.6 Å². The van der Waals surface area contributed by atoms with Gasteiger partial charge in [-0.2, -0.15) is 0 Å². The van der Waals surface area contributed by atoms with Crippen molar-refractivity contribution in [1.82, 2.24) is 10.2 Å². The molecule has 0 spiro atoms. The molecular formula is C17H25ClN2. The lowest BCUT2D eigenvalue weighted by Crippen LogP contribution is -2.52. The number of halogens is 1. The molecule has 1 N–H and O–H groups in total. The lowest BCUT2D eigenvalue weighted by molar-refractivity contribution is 0.167. The van der Waals surface area contributed by atoms with E-state index in [0.29, 0.717) is 18.0 Å². The highest BCUT2D eigenvalue weighted by atomic mass is 35.5. The molecule has 0 bridgehead atoms. The van der Waals surface area contributed by atoms with E-state index in [1.807, 2.05) is 12.1 Å². The lowest BCUT2D eigenvalue weighted by atomic mass is 9.75. The Morgan fingerprint density at radius 3 is 2.80 bits per heavy atom. The first-order chi connectivity index (χ1) is 9.76. The highest BCUT2D eigenvalue weighted by molar-refractivity contribution is 6.31. The predicted octanol–water partition coefficient (Wildman–Crippen LogP) is 3.66. The van der Waals surface area contributed by atoms with Crippen LogP contribution in [0.1, 0.15) is 44.1 Å². The maximum Gasteiger partial charge on any atom is 0.0440 e. The summed E-state index contributed by atoms with van der Waals surface area (Å²) < 4.78 is 0. The van der Waals surface area contributed by atoms with Gasteiger partial charge in [-0.15, -0.1) is 0 Å². The van der Waals surface area contributed by atoms with Gasteiger partial charge in [-0.1, -0.05) is 36.7 Å². The minimum Gasteiger partial charge on any atom is -0.310 e. The maximum absolute atomic E-state index is 6.28. The number of benzene rings is 1. The van der Waals surface area contributed by atoms with Crippen LogP contribution in [-0.4, -0.2) is 36.6 Å². The van der Waals surface area contributed by atoms with Gasteiger partial charge >= 0.3 is 0 Å². The highest BCUT2D eigenvalue weighted by Crippen LogP contribution is 2.40. The Bertz CT molecular complexity index is 442. The molecule has 1 aliphatic carbocycles. The van der Waals surface area contributed by atoms with Crippen LogP contribution < -0.4 is 5.32 Å². The zero-order chi connectivity index (χ0) is 13.9. The van der Waals surface area contributed by atoms with Crippen molar-refractivity contribution in [2.24, 2.45) is 0 Å². The summed E-state index contributed by atoms with van der Waals surface area (Å²) in [5.41, 5.74) is 1.34. The van der Waals surface area contributed by atoms with Crippen molar-refractivity contribution in [2.45, 2.75) is 50.6 Å². The number of likely N-dealkylation sites (N-methyl/N-ethyl adjacent to an activating group) is 1. The van der Waals surface area contributed by atoms with Crippen LogP contribution in [0, 0.1) is 0 Å². The first kappa shape index (κ1) is 14.4. The molecule has 1 unspecified atom stereocenters. The quantitative estimate of drug-likeness (QED) is 0.911. The Morgan fingerprint density at radius 2 is 2.05 bits per heavy atom. The molecule has 1 saturated carbocycles. The molecule has 1 heterocycles. The Labute approximate surface area is 127 Å². The average molecular weight is 293 g/mol. The van der Waals surface area contributed by atoms with Crippen LogP contribution in [0.4, 0.5) is 0 Å². The van der Waals surface area contributed by atoms with Gasteiger partial charge in [0.15, 0.2) is 0 Å². The van der Waals surface area contributed by atoms with E-state index in [-0.39, 0.29) is 0 Å². The number of nitrogens with one attached hydrogen (secondary N) is 1. The number of nitrogens with zero attached hydrogens (tertiary/aromatic N) is 1. The summed E-state index contributed by atoms with van der Waals surface area (Å²) in [6, 6.07) is 9.70. The molecule has 0 aromatic heterocycles.